The van der Waals surface area contributed by atoms with Crippen LogP contribution >= 0.6 is 0 Å². The van der Waals surface area contributed by atoms with Crippen molar-refractivity contribution in [2.75, 3.05) is 0 Å². The first kappa shape index (κ1) is 11.6. The molecule has 1 aromatic carbocycles. The van der Waals surface area contributed by atoms with Crippen molar-refractivity contribution in [2.45, 2.75) is 19.8 Å². The minimum atomic E-state index is -1.29. The van der Waals surface area contributed by atoms with Gasteiger partial charge in [0.1, 0.15) is 0 Å². The number of benzene rings is 1. The van der Waals surface area contributed by atoms with Crippen molar-refractivity contribution < 1.29 is 23.1 Å². The fourth-order valence-electron chi connectivity index (χ4n) is 1.86. The lowest BCUT2D eigenvalue weighted by Gasteiger charge is -2.03. The standard InChI is InChI=1S/C12H10F2O3/c1-5(2)8-6-3-4-7(13)9(14)10(6)17-11(8)12(15)16/h3-5H,1-2H3,(H,15,16). The van der Waals surface area contributed by atoms with E-state index < -0.39 is 17.6 Å². The van der Waals surface area contributed by atoms with Crippen LogP contribution in [0.15, 0.2) is 16.5 Å². The second kappa shape index (κ2) is 3.84. The molecular formula is C12H10F2O3. The number of carbonyl (C=O) groups is 1. The molecule has 0 unspecified atom stereocenters. The normalized spacial score (nSPS) is 11.4. The van der Waals surface area contributed by atoms with Crippen LogP contribution in [-0.2, 0) is 0 Å². The molecule has 90 valence electrons. The van der Waals surface area contributed by atoms with Crippen LogP contribution in [0.5, 0.6) is 0 Å². The number of rotatable bonds is 2. The summed E-state index contributed by atoms with van der Waals surface area (Å²) in [7, 11) is 0. The molecule has 2 aromatic rings. The first-order chi connectivity index (χ1) is 7.93. The Balaban J connectivity index is 2.89. The summed E-state index contributed by atoms with van der Waals surface area (Å²) in [6.45, 7) is 3.52. The number of carboxylic acids is 1. The van der Waals surface area contributed by atoms with Crippen LogP contribution < -0.4 is 0 Å². The maximum atomic E-state index is 13.5. The molecule has 5 heteroatoms. The number of hydrogen-bond donors (Lipinski definition) is 1. The molecule has 0 saturated carbocycles. The summed E-state index contributed by atoms with van der Waals surface area (Å²) in [5.41, 5.74) is 0.0394. The summed E-state index contributed by atoms with van der Waals surface area (Å²) >= 11 is 0. The third kappa shape index (κ3) is 1.67. The molecule has 1 N–H and O–H groups in total. The van der Waals surface area contributed by atoms with Crippen molar-refractivity contribution in [3.63, 3.8) is 0 Å². The monoisotopic (exact) mass is 240 g/mol. The van der Waals surface area contributed by atoms with Crippen LogP contribution in [0.2, 0.25) is 0 Å². The van der Waals surface area contributed by atoms with Gasteiger partial charge in [-0.1, -0.05) is 13.8 Å². The van der Waals surface area contributed by atoms with Crippen molar-refractivity contribution in [2.24, 2.45) is 0 Å². The van der Waals surface area contributed by atoms with E-state index in [1.165, 1.54) is 6.07 Å². The van der Waals surface area contributed by atoms with Crippen LogP contribution in [0.1, 0.15) is 35.9 Å². The van der Waals surface area contributed by atoms with Crippen molar-refractivity contribution in [1.82, 2.24) is 0 Å². The SMILES string of the molecule is CC(C)c1c(C(=O)O)oc2c(F)c(F)ccc12. The molecule has 0 spiro atoms. The fraction of sp³-hybridized carbons (Fsp3) is 0.250. The van der Waals surface area contributed by atoms with Crippen LogP contribution in [0.3, 0.4) is 0 Å². The molecule has 0 aliphatic heterocycles. The van der Waals surface area contributed by atoms with Gasteiger partial charge in [-0.25, -0.2) is 9.18 Å². The van der Waals surface area contributed by atoms with Gasteiger partial charge in [-0.3, -0.25) is 0 Å². The average molecular weight is 240 g/mol. The zero-order valence-corrected chi connectivity index (χ0v) is 9.25. The number of halogens is 2. The van der Waals surface area contributed by atoms with Gasteiger partial charge in [-0.15, -0.1) is 0 Å². The minimum Gasteiger partial charge on any atom is -0.475 e. The molecule has 3 nitrogen and oxygen atoms in total. The quantitative estimate of drug-likeness (QED) is 0.873. The topological polar surface area (TPSA) is 50.4 Å². The molecule has 1 aromatic heterocycles. The van der Waals surface area contributed by atoms with Gasteiger partial charge in [-0.05, 0) is 18.1 Å². The maximum Gasteiger partial charge on any atom is 0.372 e. The summed E-state index contributed by atoms with van der Waals surface area (Å²) in [5, 5.41) is 9.27. The number of carboxylic acid groups (broad SMARTS) is 1. The highest BCUT2D eigenvalue weighted by atomic mass is 19.2. The van der Waals surface area contributed by atoms with Crippen molar-refractivity contribution in [3.8, 4) is 0 Å². The Morgan fingerprint density at radius 2 is 2.00 bits per heavy atom. The number of furan rings is 1. The van der Waals surface area contributed by atoms with Crippen molar-refractivity contribution in [3.05, 3.63) is 35.1 Å². The molecule has 0 amide bonds. The van der Waals surface area contributed by atoms with Gasteiger partial charge in [0.2, 0.25) is 11.6 Å². The molecule has 2 rings (SSSR count). The molecule has 0 radical (unpaired) electrons. The second-order valence-electron chi connectivity index (χ2n) is 4.04. The van der Waals surface area contributed by atoms with E-state index in [9.17, 15) is 13.6 Å². The van der Waals surface area contributed by atoms with Gasteiger partial charge < -0.3 is 9.52 Å². The van der Waals surface area contributed by atoms with Crippen LogP contribution in [-0.4, -0.2) is 11.1 Å². The molecule has 0 fully saturated rings. The van der Waals surface area contributed by atoms with E-state index in [0.29, 0.717) is 10.9 Å². The van der Waals surface area contributed by atoms with Gasteiger partial charge in [0.15, 0.2) is 11.4 Å². The Labute approximate surface area is 95.7 Å². The van der Waals surface area contributed by atoms with Crippen LogP contribution in [0.4, 0.5) is 8.78 Å². The smallest absolute Gasteiger partial charge is 0.372 e. The lowest BCUT2D eigenvalue weighted by Crippen LogP contribution is -2.00. The van der Waals surface area contributed by atoms with Gasteiger partial charge in [0, 0.05) is 10.9 Å². The second-order valence-corrected chi connectivity index (χ2v) is 4.04. The van der Waals surface area contributed by atoms with Gasteiger partial charge in [-0.2, -0.15) is 4.39 Å². The highest BCUT2D eigenvalue weighted by Crippen LogP contribution is 2.33. The summed E-state index contributed by atoms with van der Waals surface area (Å²) in [6, 6.07) is 2.30. The molecule has 0 atom stereocenters. The van der Waals surface area contributed by atoms with Crippen LogP contribution in [0.25, 0.3) is 11.0 Å². The molecule has 1 heterocycles. The first-order valence-corrected chi connectivity index (χ1v) is 5.07. The number of hydrogen-bond acceptors (Lipinski definition) is 2. The highest BCUT2D eigenvalue weighted by Gasteiger charge is 2.24. The molecular weight excluding hydrogens is 230 g/mol. The Morgan fingerprint density at radius 1 is 1.35 bits per heavy atom. The third-order valence-corrected chi connectivity index (χ3v) is 2.56. The highest BCUT2D eigenvalue weighted by molar-refractivity contribution is 5.95. The third-order valence-electron chi connectivity index (χ3n) is 2.56. The summed E-state index contributed by atoms with van der Waals surface area (Å²) in [6.07, 6.45) is 0. The first-order valence-electron chi connectivity index (χ1n) is 5.07. The van der Waals surface area contributed by atoms with E-state index in [4.69, 9.17) is 9.52 Å². The summed E-state index contributed by atoms with van der Waals surface area (Å²) < 4.78 is 31.4. The molecule has 0 aliphatic rings. The number of aromatic carboxylic acids is 1. The Bertz CT molecular complexity index is 599. The average Bonchev–Trinajstić information content (AvgIpc) is 2.63. The summed E-state index contributed by atoms with van der Waals surface area (Å²) in [5.74, 6) is -3.99. The lowest BCUT2D eigenvalue weighted by atomic mass is 9.99. The van der Waals surface area contributed by atoms with Crippen molar-refractivity contribution >= 4 is 16.9 Å². The summed E-state index contributed by atoms with van der Waals surface area (Å²) in [4.78, 5) is 11.0. The van der Waals surface area contributed by atoms with E-state index in [1.54, 1.807) is 13.8 Å². The Hall–Kier alpha value is -1.91. The molecule has 0 saturated heterocycles. The van der Waals surface area contributed by atoms with Crippen molar-refractivity contribution in [1.29, 1.82) is 0 Å². The predicted octanol–water partition coefficient (Wildman–Crippen LogP) is 3.53. The van der Waals surface area contributed by atoms with E-state index >= 15 is 0 Å². The van der Waals surface area contributed by atoms with Crippen LogP contribution in [0, 0.1) is 11.6 Å². The zero-order chi connectivity index (χ0) is 12.7. The molecule has 0 aliphatic carbocycles. The largest absolute Gasteiger partial charge is 0.475 e. The molecule has 0 bridgehead atoms. The van der Waals surface area contributed by atoms with Gasteiger partial charge in [0.25, 0.3) is 0 Å². The van der Waals surface area contributed by atoms with E-state index in [-0.39, 0.29) is 17.3 Å². The lowest BCUT2D eigenvalue weighted by molar-refractivity contribution is 0.0662. The van der Waals surface area contributed by atoms with Gasteiger partial charge >= 0.3 is 5.97 Å². The minimum absolute atomic E-state index is 0.160. The van der Waals surface area contributed by atoms with E-state index in [2.05, 4.69) is 0 Å². The number of fused-ring (bicyclic) bond motifs is 1. The van der Waals surface area contributed by atoms with Gasteiger partial charge in [0.05, 0.1) is 0 Å². The zero-order valence-electron chi connectivity index (χ0n) is 9.25. The van der Waals surface area contributed by atoms with E-state index in [0.717, 1.165) is 6.07 Å². The maximum absolute atomic E-state index is 13.5. The predicted molar refractivity (Wildman–Crippen MR) is 57.2 cm³/mol. The Morgan fingerprint density at radius 3 is 2.53 bits per heavy atom. The fourth-order valence-corrected chi connectivity index (χ4v) is 1.86. The Kier molecular flexibility index (Phi) is 2.61. The molecule has 17 heavy (non-hydrogen) atoms. The van der Waals surface area contributed by atoms with E-state index in [1.807, 2.05) is 0 Å².